The lowest BCUT2D eigenvalue weighted by Gasteiger charge is -2.33. The van der Waals surface area contributed by atoms with Gasteiger partial charge in [0.25, 0.3) is 0 Å². The van der Waals surface area contributed by atoms with Crippen LogP contribution in [0, 0.1) is 11.8 Å². The monoisotopic (exact) mass is 181 g/mol. The first-order valence-corrected chi connectivity index (χ1v) is 5.58. The molecular weight excluding hydrogens is 158 g/mol. The van der Waals surface area contributed by atoms with Crippen LogP contribution < -0.4 is 5.32 Å². The van der Waals surface area contributed by atoms with Crippen LogP contribution in [0.1, 0.15) is 39.5 Å². The molecule has 1 aliphatic carbocycles. The summed E-state index contributed by atoms with van der Waals surface area (Å²) < 4.78 is 0. The van der Waals surface area contributed by atoms with Gasteiger partial charge in [-0.05, 0) is 44.1 Å². The van der Waals surface area contributed by atoms with Crippen molar-refractivity contribution < 1.29 is 0 Å². The molecule has 1 fully saturated rings. The summed E-state index contributed by atoms with van der Waals surface area (Å²) in [5.74, 6) is 1.79. The standard InChI is InChI=1S/C12H23N/c1-4-5-8-13-12-7-6-10(2)9-11(12)3/h4,10-13H,1,5-9H2,2-3H3. The predicted molar refractivity (Wildman–Crippen MR) is 58.8 cm³/mol. The van der Waals surface area contributed by atoms with E-state index in [1.54, 1.807) is 0 Å². The SMILES string of the molecule is C=CCCNC1CCC(C)CC1C. The molecule has 0 amide bonds. The van der Waals surface area contributed by atoms with E-state index in [4.69, 9.17) is 0 Å². The van der Waals surface area contributed by atoms with Crippen molar-refractivity contribution in [2.75, 3.05) is 6.54 Å². The molecule has 0 aliphatic heterocycles. The van der Waals surface area contributed by atoms with Gasteiger partial charge in [-0.1, -0.05) is 19.9 Å². The summed E-state index contributed by atoms with van der Waals surface area (Å²) in [6.45, 7) is 9.59. The average Bonchev–Trinajstić information content (AvgIpc) is 2.09. The Morgan fingerprint density at radius 1 is 1.38 bits per heavy atom. The number of hydrogen-bond donors (Lipinski definition) is 1. The maximum Gasteiger partial charge on any atom is 0.00930 e. The number of rotatable bonds is 4. The van der Waals surface area contributed by atoms with Crippen molar-refractivity contribution in [3.8, 4) is 0 Å². The van der Waals surface area contributed by atoms with Gasteiger partial charge in [-0.15, -0.1) is 6.58 Å². The Balaban J connectivity index is 2.21. The first kappa shape index (κ1) is 10.8. The Bertz CT molecular complexity index is 153. The third-order valence-corrected chi connectivity index (χ3v) is 3.19. The molecule has 0 spiro atoms. The quantitative estimate of drug-likeness (QED) is 0.519. The van der Waals surface area contributed by atoms with Gasteiger partial charge in [-0.2, -0.15) is 0 Å². The van der Waals surface area contributed by atoms with E-state index >= 15 is 0 Å². The highest BCUT2D eigenvalue weighted by molar-refractivity contribution is 4.81. The predicted octanol–water partition coefficient (Wildman–Crippen LogP) is 2.98. The molecule has 0 aromatic rings. The lowest BCUT2D eigenvalue weighted by molar-refractivity contribution is 0.229. The zero-order valence-corrected chi connectivity index (χ0v) is 9.05. The zero-order chi connectivity index (χ0) is 9.68. The van der Waals surface area contributed by atoms with Gasteiger partial charge in [0.15, 0.2) is 0 Å². The van der Waals surface area contributed by atoms with Crippen molar-refractivity contribution in [1.29, 1.82) is 0 Å². The van der Waals surface area contributed by atoms with E-state index in [1.165, 1.54) is 19.3 Å². The molecule has 1 aliphatic rings. The van der Waals surface area contributed by atoms with Crippen molar-refractivity contribution in [3.05, 3.63) is 12.7 Å². The third kappa shape index (κ3) is 3.51. The molecule has 0 saturated heterocycles. The summed E-state index contributed by atoms with van der Waals surface area (Å²) in [7, 11) is 0. The van der Waals surface area contributed by atoms with Gasteiger partial charge in [-0.3, -0.25) is 0 Å². The highest BCUT2D eigenvalue weighted by Crippen LogP contribution is 2.28. The van der Waals surface area contributed by atoms with Crippen molar-refractivity contribution in [3.63, 3.8) is 0 Å². The van der Waals surface area contributed by atoms with Gasteiger partial charge < -0.3 is 5.32 Å². The summed E-state index contributed by atoms with van der Waals surface area (Å²) >= 11 is 0. The minimum absolute atomic E-state index is 0.760. The van der Waals surface area contributed by atoms with E-state index < -0.39 is 0 Å². The van der Waals surface area contributed by atoms with Crippen LogP contribution in [0.25, 0.3) is 0 Å². The van der Waals surface area contributed by atoms with Gasteiger partial charge in [0.05, 0.1) is 0 Å². The van der Waals surface area contributed by atoms with Crippen LogP contribution in [0.3, 0.4) is 0 Å². The maximum absolute atomic E-state index is 3.73. The molecule has 0 radical (unpaired) electrons. The molecule has 0 heterocycles. The van der Waals surface area contributed by atoms with Crippen LogP contribution in [-0.2, 0) is 0 Å². The lowest BCUT2D eigenvalue weighted by Crippen LogP contribution is -2.39. The molecule has 1 rings (SSSR count). The summed E-state index contributed by atoms with van der Waals surface area (Å²) in [5, 5.41) is 3.62. The summed E-state index contributed by atoms with van der Waals surface area (Å²) in [6, 6.07) is 0.760. The lowest BCUT2D eigenvalue weighted by atomic mass is 9.80. The van der Waals surface area contributed by atoms with Crippen molar-refractivity contribution in [2.45, 2.75) is 45.6 Å². The highest BCUT2D eigenvalue weighted by Gasteiger charge is 2.24. The average molecular weight is 181 g/mol. The first-order valence-electron chi connectivity index (χ1n) is 5.58. The Kier molecular flexibility index (Phi) is 4.51. The minimum atomic E-state index is 0.760. The van der Waals surface area contributed by atoms with E-state index in [-0.39, 0.29) is 0 Å². The van der Waals surface area contributed by atoms with E-state index in [0.29, 0.717) is 0 Å². The van der Waals surface area contributed by atoms with Crippen molar-refractivity contribution in [1.82, 2.24) is 5.32 Å². The largest absolute Gasteiger partial charge is 0.313 e. The molecule has 3 unspecified atom stereocenters. The van der Waals surface area contributed by atoms with Crippen LogP contribution in [-0.4, -0.2) is 12.6 Å². The summed E-state index contributed by atoms with van der Waals surface area (Å²) in [6.07, 6.45) is 7.24. The van der Waals surface area contributed by atoms with Gasteiger partial charge in [0.1, 0.15) is 0 Å². The fourth-order valence-electron chi connectivity index (χ4n) is 2.34. The Morgan fingerprint density at radius 3 is 2.77 bits per heavy atom. The van der Waals surface area contributed by atoms with Crippen LogP contribution >= 0.6 is 0 Å². The molecular formula is C12H23N. The second kappa shape index (κ2) is 5.43. The van der Waals surface area contributed by atoms with Gasteiger partial charge >= 0.3 is 0 Å². The molecule has 1 nitrogen and oxygen atoms in total. The summed E-state index contributed by atoms with van der Waals surface area (Å²) in [5.41, 5.74) is 0. The molecule has 0 bridgehead atoms. The number of nitrogens with one attached hydrogen (secondary N) is 1. The smallest absolute Gasteiger partial charge is 0.00930 e. The second-order valence-corrected chi connectivity index (χ2v) is 4.53. The second-order valence-electron chi connectivity index (χ2n) is 4.53. The molecule has 1 saturated carbocycles. The third-order valence-electron chi connectivity index (χ3n) is 3.19. The fraction of sp³-hybridized carbons (Fsp3) is 0.833. The Morgan fingerprint density at radius 2 is 2.15 bits per heavy atom. The van der Waals surface area contributed by atoms with E-state index in [9.17, 15) is 0 Å². The van der Waals surface area contributed by atoms with Gasteiger partial charge in [-0.25, -0.2) is 0 Å². The van der Waals surface area contributed by atoms with E-state index in [2.05, 4.69) is 25.7 Å². The number of hydrogen-bond acceptors (Lipinski definition) is 1. The topological polar surface area (TPSA) is 12.0 Å². The van der Waals surface area contributed by atoms with E-state index in [1.807, 2.05) is 6.08 Å². The first-order chi connectivity index (χ1) is 6.24. The molecule has 13 heavy (non-hydrogen) atoms. The fourth-order valence-corrected chi connectivity index (χ4v) is 2.34. The normalized spacial score (nSPS) is 34.5. The van der Waals surface area contributed by atoms with Crippen molar-refractivity contribution >= 4 is 0 Å². The zero-order valence-electron chi connectivity index (χ0n) is 9.05. The van der Waals surface area contributed by atoms with Crippen molar-refractivity contribution in [2.24, 2.45) is 11.8 Å². The molecule has 76 valence electrons. The van der Waals surface area contributed by atoms with Crippen LogP contribution in [0.2, 0.25) is 0 Å². The molecule has 0 aromatic carbocycles. The maximum atomic E-state index is 3.73. The Labute approximate surface area is 82.6 Å². The van der Waals surface area contributed by atoms with E-state index in [0.717, 1.165) is 30.8 Å². The van der Waals surface area contributed by atoms with Crippen LogP contribution in [0.4, 0.5) is 0 Å². The van der Waals surface area contributed by atoms with Gasteiger partial charge in [0.2, 0.25) is 0 Å². The minimum Gasteiger partial charge on any atom is -0.313 e. The molecule has 0 aromatic heterocycles. The summed E-state index contributed by atoms with van der Waals surface area (Å²) in [4.78, 5) is 0. The Hall–Kier alpha value is -0.300. The molecule has 1 heteroatoms. The molecule has 1 N–H and O–H groups in total. The molecule has 3 atom stereocenters. The van der Waals surface area contributed by atoms with Gasteiger partial charge in [0, 0.05) is 6.04 Å². The van der Waals surface area contributed by atoms with Crippen LogP contribution in [0.15, 0.2) is 12.7 Å². The highest BCUT2D eigenvalue weighted by atomic mass is 14.9. The van der Waals surface area contributed by atoms with Crippen LogP contribution in [0.5, 0.6) is 0 Å².